The molecule has 0 aromatic heterocycles. The molecule has 0 saturated carbocycles. The molecule has 90 valence electrons. The van der Waals surface area contributed by atoms with E-state index in [0.29, 0.717) is 11.0 Å². The van der Waals surface area contributed by atoms with Crippen LogP contribution in [-0.4, -0.2) is 35.6 Å². The molecule has 1 aromatic rings. The standard InChI is InChI=1S/C14H17NOS/c16-12-5-7-15(8-6-12)10-13-9-11-3-1-2-4-14(11)17-13/h1-4,13H,5-10H2. The molecule has 3 heteroatoms. The minimum atomic E-state index is 0.434. The molecular formula is C14H17NOS. The Hall–Kier alpha value is -0.800. The first-order chi connectivity index (χ1) is 8.31. The Morgan fingerprint density at radius 3 is 2.76 bits per heavy atom. The predicted molar refractivity (Wildman–Crippen MR) is 70.5 cm³/mol. The van der Waals surface area contributed by atoms with Gasteiger partial charge >= 0.3 is 0 Å². The highest BCUT2D eigenvalue weighted by Gasteiger charge is 2.25. The van der Waals surface area contributed by atoms with Crippen molar-refractivity contribution in [2.75, 3.05) is 19.6 Å². The number of piperidine rings is 1. The van der Waals surface area contributed by atoms with E-state index in [-0.39, 0.29) is 0 Å². The van der Waals surface area contributed by atoms with Crippen LogP contribution in [0.25, 0.3) is 0 Å². The summed E-state index contributed by atoms with van der Waals surface area (Å²) in [6, 6.07) is 8.71. The molecule has 1 aromatic carbocycles. The van der Waals surface area contributed by atoms with Crippen LogP contribution in [0.2, 0.25) is 0 Å². The summed E-state index contributed by atoms with van der Waals surface area (Å²) in [6.45, 7) is 3.06. The molecule has 2 nitrogen and oxygen atoms in total. The second-order valence-corrected chi connectivity index (χ2v) is 6.23. The quantitative estimate of drug-likeness (QED) is 0.800. The second kappa shape index (κ2) is 4.83. The first-order valence-corrected chi connectivity index (χ1v) is 7.18. The maximum atomic E-state index is 11.2. The van der Waals surface area contributed by atoms with Crippen LogP contribution in [0, 0.1) is 0 Å². The molecule has 0 bridgehead atoms. The third-order valence-corrected chi connectivity index (χ3v) is 4.89. The van der Waals surface area contributed by atoms with E-state index < -0.39 is 0 Å². The smallest absolute Gasteiger partial charge is 0.135 e. The van der Waals surface area contributed by atoms with Gasteiger partial charge in [-0.25, -0.2) is 0 Å². The van der Waals surface area contributed by atoms with Gasteiger partial charge in [0.05, 0.1) is 0 Å². The van der Waals surface area contributed by atoms with Crippen LogP contribution in [0.1, 0.15) is 18.4 Å². The molecule has 1 saturated heterocycles. The van der Waals surface area contributed by atoms with Gasteiger partial charge in [0.15, 0.2) is 0 Å². The molecule has 2 heterocycles. The van der Waals surface area contributed by atoms with Gasteiger partial charge in [-0.2, -0.15) is 0 Å². The monoisotopic (exact) mass is 247 g/mol. The summed E-state index contributed by atoms with van der Waals surface area (Å²) in [6.07, 6.45) is 2.69. The summed E-state index contributed by atoms with van der Waals surface area (Å²) in [4.78, 5) is 15.1. The van der Waals surface area contributed by atoms with E-state index in [1.54, 1.807) is 0 Å². The number of fused-ring (bicyclic) bond motifs is 1. The summed E-state index contributed by atoms with van der Waals surface area (Å²) in [7, 11) is 0. The number of thioether (sulfide) groups is 1. The molecule has 1 atom stereocenters. The number of hydrogen-bond acceptors (Lipinski definition) is 3. The van der Waals surface area contributed by atoms with E-state index in [1.807, 2.05) is 11.8 Å². The molecule has 0 N–H and O–H groups in total. The third-order valence-electron chi connectivity index (χ3n) is 3.59. The Kier molecular flexibility index (Phi) is 3.21. The van der Waals surface area contributed by atoms with Crippen LogP contribution in [-0.2, 0) is 11.2 Å². The molecule has 0 amide bonds. The minimum Gasteiger partial charge on any atom is -0.301 e. The SMILES string of the molecule is O=C1CCN(CC2Cc3ccccc3S2)CC1. The molecule has 1 fully saturated rings. The molecular weight excluding hydrogens is 230 g/mol. The average Bonchev–Trinajstić information content (AvgIpc) is 2.74. The fourth-order valence-electron chi connectivity index (χ4n) is 2.63. The number of hydrogen-bond donors (Lipinski definition) is 0. The van der Waals surface area contributed by atoms with Gasteiger partial charge in [0, 0.05) is 42.6 Å². The van der Waals surface area contributed by atoms with Crippen molar-refractivity contribution in [2.24, 2.45) is 0 Å². The average molecular weight is 247 g/mol. The number of Topliss-reactive ketones (excluding diaryl/α,β-unsaturated/α-hetero) is 1. The van der Waals surface area contributed by atoms with Crippen molar-refractivity contribution in [2.45, 2.75) is 29.4 Å². The van der Waals surface area contributed by atoms with E-state index in [2.05, 4.69) is 29.2 Å². The summed E-state index contributed by atoms with van der Waals surface area (Å²) in [5, 5.41) is 0.681. The molecule has 0 radical (unpaired) electrons. The Morgan fingerprint density at radius 2 is 2.00 bits per heavy atom. The van der Waals surface area contributed by atoms with Crippen LogP contribution in [0.4, 0.5) is 0 Å². The number of carbonyl (C=O) groups excluding carboxylic acids is 1. The van der Waals surface area contributed by atoms with E-state index in [1.165, 1.54) is 16.9 Å². The highest BCUT2D eigenvalue weighted by molar-refractivity contribution is 8.00. The number of nitrogens with zero attached hydrogens (tertiary/aromatic N) is 1. The van der Waals surface area contributed by atoms with E-state index in [9.17, 15) is 4.79 Å². The van der Waals surface area contributed by atoms with Crippen molar-refractivity contribution in [1.82, 2.24) is 4.90 Å². The lowest BCUT2D eigenvalue weighted by Gasteiger charge is -2.27. The van der Waals surface area contributed by atoms with Crippen molar-refractivity contribution >= 4 is 17.5 Å². The Balaban J connectivity index is 1.57. The minimum absolute atomic E-state index is 0.434. The Bertz CT molecular complexity index is 397. The normalized spacial score (nSPS) is 24.9. The second-order valence-electron chi connectivity index (χ2n) is 4.89. The van der Waals surface area contributed by atoms with Crippen molar-refractivity contribution in [3.63, 3.8) is 0 Å². The number of likely N-dealkylation sites (tertiary alicyclic amines) is 1. The van der Waals surface area contributed by atoms with Gasteiger partial charge in [-0.1, -0.05) is 18.2 Å². The molecule has 2 aliphatic heterocycles. The first kappa shape index (κ1) is 11.3. The van der Waals surface area contributed by atoms with Gasteiger partial charge in [0.25, 0.3) is 0 Å². The van der Waals surface area contributed by atoms with E-state index in [0.717, 1.165) is 32.5 Å². The fourth-order valence-corrected chi connectivity index (χ4v) is 4.00. The van der Waals surface area contributed by atoms with E-state index >= 15 is 0 Å². The van der Waals surface area contributed by atoms with Gasteiger partial charge in [0.2, 0.25) is 0 Å². The number of benzene rings is 1. The van der Waals surface area contributed by atoms with Crippen molar-refractivity contribution in [1.29, 1.82) is 0 Å². The predicted octanol–water partition coefficient (Wildman–Crippen LogP) is 2.37. The van der Waals surface area contributed by atoms with Crippen LogP contribution in [0.5, 0.6) is 0 Å². The molecule has 2 aliphatic rings. The molecule has 17 heavy (non-hydrogen) atoms. The maximum absolute atomic E-state index is 11.2. The van der Waals surface area contributed by atoms with E-state index in [4.69, 9.17) is 0 Å². The summed E-state index contributed by atoms with van der Waals surface area (Å²) < 4.78 is 0. The topological polar surface area (TPSA) is 20.3 Å². The lowest BCUT2D eigenvalue weighted by atomic mass is 10.1. The zero-order valence-corrected chi connectivity index (χ0v) is 10.7. The van der Waals surface area contributed by atoms with Crippen LogP contribution >= 0.6 is 11.8 Å². The fraction of sp³-hybridized carbons (Fsp3) is 0.500. The van der Waals surface area contributed by atoms with Gasteiger partial charge < -0.3 is 4.90 Å². The van der Waals surface area contributed by atoms with Crippen molar-refractivity contribution < 1.29 is 4.79 Å². The van der Waals surface area contributed by atoms with Crippen molar-refractivity contribution in [3.05, 3.63) is 29.8 Å². The first-order valence-electron chi connectivity index (χ1n) is 6.30. The molecule has 0 aliphatic carbocycles. The Labute approximate surface area is 106 Å². The van der Waals surface area contributed by atoms with Gasteiger partial charge in [-0.3, -0.25) is 4.79 Å². The third kappa shape index (κ3) is 2.55. The van der Waals surface area contributed by atoms with Gasteiger partial charge in [0.1, 0.15) is 5.78 Å². The summed E-state index contributed by atoms with van der Waals surface area (Å²) in [5.74, 6) is 0.434. The van der Waals surface area contributed by atoms with Crippen LogP contribution < -0.4 is 0 Å². The molecule has 0 spiro atoms. The van der Waals surface area contributed by atoms with Crippen molar-refractivity contribution in [3.8, 4) is 0 Å². The van der Waals surface area contributed by atoms with Crippen LogP contribution in [0.15, 0.2) is 29.2 Å². The molecule has 3 rings (SSSR count). The van der Waals surface area contributed by atoms with Crippen LogP contribution in [0.3, 0.4) is 0 Å². The zero-order valence-electron chi connectivity index (χ0n) is 9.89. The maximum Gasteiger partial charge on any atom is 0.135 e. The molecule has 1 unspecified atom stereocenters. The number of ketones is 1. The van der Waals surface area contributed by atoms with Gasteiger partial charge in [-0.15, -0.1) is 11.8 Å². The Morgan fingerprint density at radius 1 is 1.24 bits per heavy atom. The summed E-state index contributed by atoms with van der Waals surface area (Å²) in [5.41, 5.74) is 1.50. The van der Waals surface area contributed by atoms with Gasteiger partial charge in [-0.05, 0) is 18.1 Å². The highest BCUT2D eigenvalue weighted by Crippen LogP contribution is 2.37. The lowest BCUT2D eigenvalue weighted by Crippen LogP contribution is -2.38. The number of carbonyl (C=O) groups is 1. The number of rotatable bonds is 2. The summed E-state index contributed by atoms with van der Waals surface area (Å²) >= 11 is 2.00. The zero-order chi connectivity index (χ0) is 11.7. The highest BCUT2D eigenvalue weighted by atomic mass is 32.2. The lowest BCUT2D eigenvalue weighted by molar-refractivity contribution is -0.121. The largest absolute Gasteiger partial charge is 0.301 e.